The van der Waals surface area contributed by atoms with E-state index in [1.165, 1.54) is 31.2 Å². The Kier molecular flexibility index (Phi) is 6.77. The fourth-order valence-corrected chi connectivity index (χ4v) is 5.88. The molecule has 0 radical (unpaired) electrons. The number of piperidine rings is 2. The number of amides is 2. The van der Waals surface area contributed by atoms with Crippen molar-refractivity contribution >= 4 is 11.8 Å². The maximum absolute atomic E-state index is 12.6. The lowest BCUT2D eigenvalue weighted by atomic mass is 9.76. The number of carbonyl (C=O) groups is 2. The summed E-state index contributed by atoms with van der Waals surface area (Å²) in [6, 6.07) is 8.37. The Hall–Kier alpha value is -1.88. The van der Waals surface area contributed by atoms with Crippen LogP contribution in [0.4, 0.5) is 0 Å². The average Bonchev–Trinajstić information content (AvgIpc) is 3.20. The number of methoxy groups -OCH3 is 1. The molecular weight excluding hydrogens is 376 g/mol. The third kappa shape index (κ3) is 4.72. The number of imide groups is 1. The van der Waals surface area contributed by atoms with Gasteiger partial charge in [-0.15, -0.1) is 0 Å². The van der Waals surface area contributed by atoms with Gasteiger partial charge in [0.15, 0.2) is 0 Å². The number of unbranched alkanes of at least 4 members (excludes halogenated alkanes) is 1. The van der Waals surface area contributed by atoms with Crippen molar-refractivity contribution in [2.24, 2.45) is 5.41 Å². The quantitative estimate of drug-likeness (QED) is 0.493. The highest BCUT2D eigenvalue weighted by atomic mass is 16.5. The molecule has 1 unspecified atom stereocenters. The van der Waals surface area contributed by atoms with Crippen LogP contribution in [0.25, 0.3) is 0 Å². The zero-order valence-corrected chi connectivity index (χ0v) is 18.4. The molecule has 1 aliphatic carbocycles. The predicted octanol–water partition coefficient (Wildman–Crippen LogP) is 4.36. The van der Waals surface area contributed by atoms with Gasteiger partial charge < -0.3 is 9.64 Å². The molecule has 1 atom stereocenters. The van der Waals surface area contributed by atoms with E-state index in [-0.39, 0.29) is 17.2 Å². The Morgan fingerprint density at radius 1 is 1.00 bits per heavy atom. The van der Waals surface area contributed by atoms with E-state index in [0.29, 0.717) is 25.3 Å². The summed E-state index contributed by atoms with van der Waals surface area (Å²) < 4.78 is 5.57. The second-order valence-electron chi connectivity index (χ2n) is 9.59. The summed E-state index contributed by atoms with van der Waals surface area (Å²) >= 11 is 0. The van der Waals surface area contributed by atoms with Crippen molar-refractivity contribution in [1.82, 2.24) is 9.80 Å². The van der Waals surface area contributed by atoms with Crippen LogP contribution >= 0.6 is 0 Å². The SMILES string of the molecule is COc1ccccc1C1CCCN(CCCCN2C(=O)CC3(CCCC3)CC2=O)C1. The molecule has 2 heterocycles. The van der Waals surface area contributed by atoms with E-state index in [1.807, 2.05) is 6.07 Å². The van der Waals surface area contributed by atoms with Gasteiger partial charge in [0.2, 0.25) is 11.8 Å². The number of hydrogen-bond acceptors (Lipinski definition) is 4. The summed E-state index contributed by atoms with van der Waals surface area (Å²) in [6.45, 7) is 3.82. The van der Waals surface area contributed by atoms with Gasteiger partial charge in [-0.05, 0) is 68.7 Å². The Balaban J connectivity index is 1.23. The summed E-state index contributed by atoms with van der Waals surface area (Å²) in [6.07, 6.45) is 9.97. The van der Waals surface area contributed by atoms with Gasteiger partial charge in [-0.1, -0.05) is 31.0 Å². The van der Waals surface area contributed by atoms with Crippen molar-refractivity contribution in [2.45, 2.75) is 70.1 Å². The highest BCUT2D eigenvalue weighted by Gasteiger charge is 2.44. The predicted molar refractivity (Wildman–Crippen MR) is 117 cm³/mol. The maximum atomic E-state index is 12.6. The molecular formula is C25H36N2O3. The molecule has 5 heteroatoms. The minimum Gasteiger partial charge on any atom is -0.496 e. The lowest BCUT2D eigenvalue weighted by molar-refractivity contribution is -0.153. The van der Waals surface area contributed by atoms with Crippen LogP contribution in [0.3, 0.4) is 0 Å². The van der Waals surface area contributed by atoms with Crippen molar-refractivity contribution in [3.05, 3.63) is 29.8 Å². The van der Waals surface area contributed by atoms with Crippen LogP contribution in [0, 0.1) is 5.41 Å². The van der Waals surface area contributed by atoms with Crippen molar-refractivity contribution in [1.29, 1.82) is 0 Å². The standard InChI is InChI=1S/C25H36N2O3/c1-30-22-11-3-2-10-21(22)20-9-8-15-26(19-20)14-6-7-16-27-23(28)17-25(18-24(27)29)12-4-5-13-25/h2-3,10-11,20H,4-9,12-19H2,1H3. The number of rotatable bonds is 7. The maximum Gasteiger partial charge on any atom is 0.229 e. The largest absolute Gasteiger partial charge is 0.496 e. The monoisotopic (exact) mass is 412 g/mol. The van der Waals surface area contributed by atoms with Crippen molar-refractivity contribution < 1.29 is 14.3 Å². The third-order valence-electron chi connectivity index (χ3n) is 7.51. The van der Waals surface area contributed by atoms with Crippen LogP contribution in [-0.2, 0) is 9.59 Å². The van der Waals surface area contributed by atoms with Gasteiger partial charge in [0.1, 0.15) is 5.75 Å². The minimum absolute atomic E-state index is 0.00593. The molecule has 3 fully saturated rings. The number of benzene rings is 1. The number of ether oxygens (including phenoxy) is 1. The van der Waals surface area contributed by atoms with Gasteiger partial charge in [-0.25, -0.2) is 0 Å². The molecule has 30 heavy (non-hydrogen) atoms. The molecule has 5 nitrogen and oxygen atoms in total. The first-order valence-electron chi connectivity index (χ1n) is 11.8. The second-order valence-corrected chi connectivity index (χ2v) is 9.59. The van der Waals surface area contributed by atoms with Crippen LogP contribution in [0.15, 0.2) is 24.3 Å². The minimum atomic E-state index is 0.00593. The Morgan fingerprint density at radius 2 is 1.70 bits per heavy atom. The van der Waals surface area contributed by atoms with E-state index in [9.17, 15) is 9.59 Å². The van der Waals surface area contributed by atoms with Crippen molar-refractivity contribution in [2.75, 3.05) is 33.3 Å². The van der Waals surface area contributed by atoms with Crippen LogP contribution in [0.5, 0.6) is 5.75 Å². The Morgan fingerprint density at radius 3 is 2.43 bits per heavy atom. The Bertz CT molecular complexity index is 737. The van der Waals surface area contributed by atoms with Crippen molar-refractivity contribution in [3.63, 3.8) is 0 Å². The van der Waals surface area contributed by atoms with E-state index < -0.39 is 0 Å². The number of hydrogen-bond donors (Lipinski definition) is 0. The van der Waals surface area contributed by atoms with Gasteiger partial charge in [-0.2, -0.15) is 0 Å². The highest BCUT2D eigenvalue weighted by molar-refractivity contribution is 5.98. The fourth-order valence-electron chi connectivity index (χ4n) is 5.88. The summed E-state index contributed by atoms with van der Waals surface area (Å²) in [5.74, 6) is 1.65. The first-order valence-corrected chi connectivity index (χ1v) is 11.8. The molecule has 1 spiro atoms. The van der Waals surface area contributed by atoms with Gasteiger partial charge in [0.25, 0.3) is 0 Å². The normalized spacial score (nSPS) is 24.6. The summed E-state index contributed by atoms with van der Waals surface area (Å²) in [5, 5.41) is 0. The molecule has 0 N–H and O–H groups in total. The van der Waals surface area contributed by atoms with E-state index in [2.05, 4.69) is 23.1 Å². The van der Waals surface area contributed by atoms with Gasteiger partial charge in [0.05, 0.1) is 7.11 Å². The first-order chi connectivity index (χ1) is 14.6. The van der Waals surface area contributed by atoms with E-state index in [0.717, 1.165) is 51.1 Å². The zero-order valence-electron chi connectivity index (χ0n) is 18.4. The number of carbonyl (C=O) groups excluding carboxylic acids is 2. The van der Waals surface area contributed by atoms with Gasteiger partial charge >= 0.3 is 0 Å². The molecule has 164 valence electrons. The summed E-state index contributed by atoms with van der Waals surface area (Å²) in [4.78, 5) is 29.3. The van der Waals surface area contributed by atoms with Crippen LogP contribution in [0.2, 0.25) is 0 Å². The lowest BCUT2D eigenvalue weighted by Gasteiger charge is -2.37. The van der Waals surface area contributed by atoms with Gasteiger partial charge in [-0.3, -0.25) is 14.5 Å². The van der Waals surface area contributed by atoms with E-state index >= 15 is 0 Å². The molecule has 4 rings (SSSR count). The van der Waals surface area contributed by atoms with Gasteiger partial charge in [0, 0.05) is 31.8 Å². The first kappa shape index (κ1) is 21.4. The van der Waals surface area contributed by atoms with Crippen LogP contribution < -0.4 is 4.74 Å². The average molecular weight is 413 g/mol. The molecule has 1 saturated carbocycles. The number of nitrogens with zero attached hydrogens (tertiary/aromatic N) is 2. The molecule has 1 aromatic carbocycles. The van der Waals surface area contributed by atoms with Crippen LogP contribution in [0.1, 0.15) is 75.7 Å². The summed E-state index contributed by atoms with van der Waals surface area (Å²) in [7, 11) is 1.75. The molecule has 1 aromatic rings. The van der Waals surface area contributed by atoms with Crippen LogP contribution in [-0.4, -0.2) is 54.9 Å². The fraction of sp³-hybridized carbons (Fsp3) is 0.680. The Labute approximate surface area is 180 Å². The molecule has 0 bridgehead atoms. The van der Waals surface area contributed by atoms with E-state index in [4.69, 9.17) is 4.74 Å². The topological polar surface area (TPSA) is 49.9 Å². The van der Waals surface area contributed by atoms with Crippen molar-refractivity contribution in [3.8, 4) is 5.75 Å². The third-order valence-corrected chi connectivity index (χ3v) is 7.51. The lowest BCUT2D eigenvalue weighted by Crippen LogP contribution is -2.47. The highest BCUT2D eigenvalue weighted by Crippen LogP contribution is 2.46. The number of likely N-dealkylation sites (tertiary alicyclic amines) is 2. The molecule has 2 saturated heterocycles. The molecule has 0 aromatic heterocycles. The molecule has 3 aliphatic rings. The second kappa shape index (κ2) is 9.51. The molecule has 2 amide bonds. The molecule has 2 aliphatic heterocycles. The van der Waals surface area contributed by atoms with E-state index in [1.54, 1.807) is 12.0 Å². The smallest absolute Gasteiger partial charge is 0.229 e. The summed E-state index contributed by atoms with van der Waals surface area (Å²) in [5.41, 5.74) is 1.32. The number of para-hydroxylation sites is 1. The zero-order chi connectivity index (χ0) is 21.0.